The van der Waals surface area contributed by atoms with Crippen molar-refractivity contribution in [3.8, 4) is 11.1 Å². The summed E-state index contributed by atoms with van der Waals surface area (Å²) in [6.45, 7) is 6.19. The van der Waals surface area contributed by atoms with Gasteiger partial charge in [-0.2, -0.15) is 5.10 Å². The van der Waals surface area contributed by atoms with E-state index in [4.69, 9.17) is 0 Å². The van der Waals surface area contributed by atoms with Gasteiger partial charge in [-0.3, -0.25) is 9.48 Å². The molecule has 2 heterocycles. The summed E-state index contributed by atoms with van der Waals surface area (Å²) in [5, 5.41) is 11.5. The Morgan fingerprint density at radius 2 is 1.89 bits per heavy atom. The van der Waals surface area contributed by atoms with Gasteiger partial charge in [0.2, 0.25) is 5.95 Å². The third-order valence-electron chi connectivity index (χ3n) is 6.51. The van der Waals surface area contributed by atoms with Crippen molar-refractivity contribution in [2.24, 2.45) is 7.05 Å². The van der Waals surface area contributed by atoms with Crippen LogP contribution in [0.1, 0.15) is 46.4 Å². The third-order valence-corrected chi connectivity index (χ3v) is 6.51. The average molecular weight is 491 g/mol. The van der Waals surface area contributed by atoms with Crippen LogP contribution in [-0.4, -0.2) is 25.7 Å². The molecular weight excluding hydrogens is 460 g/mol. The van der Waals surface area contributed by atoms with Crippen LogP contribution in [0.3, 0.4) is 0 Å². The number of anilines is 2. The second kappa shape index (κ2) is 10.2. The van der Waals surface area contributed by atoms with E-state index < -0.39 is 0 Å². The molecule has 5 aromatic rings. The van der Waals surface area contributed by atoms with Crippen LogP contribution in [0.25, 0.3) is 22.0 Å². The first-order valence-corrected chi connectivity index (χ1v) is 12.4. The summed E-state index contributed by atoms with van der Waals surface area (Å²) >= 11 is 0. The summed E-state index contributed by atoms with van der Waals surface area (Å²) in [7, 11) is 1.87. The summed E-state index contributed by atoms with van der Waals surface area (Å²) in [5.74, 6) is 0.470. The lowest BCUT2D eigenvalue weighted by Gasteiger charge is -2.20. The van der Waals surface area contributed by atoms with Crippen LogP contribution < -0.4 is 10.6 Å². The minimum Gasteiger partial charge on any atom is -0.345 e. The molecule has 0 spiro atoms. The zero-order chi connectivity index (χ0) is 25.9. The van der Waals surface area contributed by atoms with Crippen molar-refractivity contribution < 1.29 is 4.79 Å². The Bertz CT molecular complexity index is 1590. The van der Waals surface area contributed by atoms with Gasteiger partial charge >= 0.3 is 0 Å². The molecule has 0 saturated carbocycles. The van der Waals surface area contributed by atoms with E-state index in [9.17, 15) is 4.79 Å². The highest BCUT2D eigenvalue weighted by Gasteiger charge is 2.16. The second-order valence-corrected chi connectivity index (χ2v) is 9.37. The lowest BCUT2D eigenvalue weighted by atomic mass is 9.94. The number of hydrogen-bond acceptors (Lipinski definition) is 5. The molecule has 7 nitrogen and oxygen atoms in total. The minimum absolute atomic E-state index is 0.0590. The Morgan fingerprint density at radius 3 is 2.65 bits per heavy atom. The number of fused-ring (bicyclic) bond motifs is 1. The van der Waals surface area contributed by atoms with Gasteiger partial charge in [-0.1, -0.05) is 42.8 Å². The van der Waals surface area contributed by atoms with Crippen LogP contribution in [0, 0.1) is 13.8 Å². The van der Waals surface area contributed by atoms with Crippen LogP contribution in [-0.2, 0) is 7.05 Å². The van der Waals surface area contributed by atoms with Crippen molar-refractivity contribution in [1.29, 1.82) is 0 Å². The first-order valence-electron chi connectivity index (χ1n) is 12.4. The van der Waals surface area contributed by atoms with Gasteiger partial charge in [0.15, 0.2) is 0 Å². The van der Waals surface area contributed by atoms with E-state index >= 15 is 0 Å². The molecule has 7 heteroatoms. The van der Waals surface area contributed by atoms with Gasteiger partial charge in [-0.15, -0.1) is 0 Å². The molecule has 1 unspecified atom stereocenters. The summed E-state index contributed by atoms with van der Waals surface area (Å²) in [6, 6.07) is 20.2. The number of aryl methyl sites for hydroxylation is 3. The maximum atomic E-state index is 12.9. The van der Waals surface area contributed by atoms with Crippen LogP contribution >= 0.6 is 0 Å². The van der Waals surface area contributed by atoms with Gasteiger partial charge in [0.1, 0.15) is 0 Å². The molecule has 5 rings (SSSR count). The average Bonchev–Trinajstić information content (AvgIpc) is 3.31. The Balaban J connectivity index is 1.40. The second-order valence-electron chi connectivity index (χ2n) is 9.37. The molecule has 186 valence electrons. The van der Waals surface area contributed by atoms with Crippen molar-refractivity contribution >= 4 is 28.4 Å². The third kappa shape index (κ3) is 5.35. The number of rotatable bonds is 7. The van der Waals surface area contributed by atoms with Gasteiger partial charge < -0.3 is 10.6 Å². The zero-order valence-corrected chi connectivity index (χ0v) is 21.5. The number of amides is 1. The molecule has 1 amide bonds. The van der Waals surface area contributed by atoms with Crippen LogP contribution in [0.2, 0.25) is 0 Å². The van der Waals surface area contributed by atoms with Gasteiger partial charge in [0.05, 0.1) is 23.4 Å². The molecule has 2 N–H and O–H groups in total. The monoisotopic (exact) mass is 490 g/mol. The smallest absolute Gasteiger partial charge is 0.251 e. The standard InChI is InChI=1S/C30H30N6O/c1-5-27(34-29(37)23-8-6-7-19(2)13-23)22-10-9-20(3)26(15-22)21-11-12-28-24(14-21)16-31-30(35-28)33-25-17-32-36(4)18-25/h6-18,27H,5H2,1-4H3,(H,34,37)(H,31,33,35). The van der Waals surface area contributed by atoms with E-state index in [1.807, 2.05) is 56.7 Å². The number of nitrogens with zero attached hydrogens (tertiary/aromatic N) is 4. The van der Waals surface area contributed by atoms with E-state index in [2.05, 4.69) is 69.9 Å². The summed E-state index contributed by atoms with van der Waals surface area (Å²) in [4.78, 5) is 22.1. The van der Waals surface area contributed by atoms with Gasteiger partial charge in [-0.25, -0.2) is 9.97 Å². The molecule has 1 atom stereocenters. The fourth-order valence-corrected chi connectivity index (χ4v) is 4.49. The van der Waals surface area contributed by atoms with Gasteiger partial charge in [0.25, 0.3) is 5.91 Å². The van der Waals surface area contributed by atoms with Crippen molar-refractivity contribution in [3.63, 3.8) is 0 Å². The Hall–Kier alpha value is -4.52. The Kier molecular flexibility index (Phi) is 6.68. The highest BCUT2D eigenvalue weighted by atomic mass is 16.1. The van der Waals surface area contributed by atoms with E-state index in [0.717, 1.165) is 45.3 Å². The van der Waals surface area contributed by atoms with E-state index in [-0.39, 0.29) is 11.9 Å². The Morgan fingerprint density at radius 1 is 1.03 bits per heavy atom. The quantitative estimate of drug-likeness (QED) is 0.281. The van der Waals surface area contributed by atoms with Crippen molar-refractivity contribution in [3.05, 3.63) is 102 Å². The minimum atomic E-state index is -0.0859. The predicted molar refractivity (Wildman–Crippen MR) is 148 cm³/mol. The van der Waals surface area contributed by atoms with Crippen LogP contribution in [0.15, 0.2) is 79.3 Å². The highest BCUT2D eigenvalue weighted by molar-refractivity contribution is 5.94. The van der Waals surface area contributed by atoms with Crippen molar-refractivity contribution in [2.45, 2.75) is 33.2 Å². The molecule has 0 aliphatic heterocycles. The SMILES string of the molecule is CCC(NC(=O)c1cccc(C)c1)c1ccc(C)c(-c2ccc3nc(Nc4cnn(C)c4)ncc3c2)c1. The number of carbonyl (C=O) groups is 1. The number of carbonyl (C=O) groups excluding carboxylic acids is 1. The van der Waals surface area contributed by atoms with Crippen LogP contribution in [0.5, 0.6) is 0 Å². The molecule has 3 aromatic carbocycles. The maximum absolute atomic E-state index is 12.9. The van der Waals surface area contributed by atoms with Crippen molar-refractivity contribution in [1.82, 2.24) is 25.1 Å². The molecule has 0 fully saturated rings. The predicted octanol–water partition coefficient (Wildman–Crippen LogP) is 6.27. The van der Waals surface area contributed by atoms with Crippen molar-refractivity contribution in [2.75, 3.05) is 5.32 Å². The highest BCUT2D eigenvalue weighted by Crippen LogP contribution is 2.30. The molecule has 0 aliphatic rings. The van der Waals surface area contributed by atoms with E-state index in [1.165, 1.54) is 5.56 Å². The maximum Gasteiger partial charge on any atom is 0.251 e. The first-order chi connectivity index (χ1) is 17.9. The van der Waals surface area contributed by atoms with E-state index in [0.29, 0.717) is 11.5 Å². The molecule has 37 heavy (non-hydrogen) atoms. The fourth-order valence-electron chi connectivity index (χ4n) is 4.49. The molecule has 0 bridgehead atoms. The molecular formula is C30H30N6O. The lowest BCUT2D eigenvalue weighted by molar-refractivity contribution is 0.0935. The summed E-state index contributed by atoms with van der Waals surface area (Å²) in [6.07, 6.45) is 6.23. The van der Waals surface area contributed by atoms with Gasteiger partial charge in [-0.05, 0) is 72.9 Å². The largest absolute Gasteiger partial charge is 0.345 e. The molecule has 0 aliphatic carbocycles. The van der Waals surface area contributed by atoms with Gasteiger partial charge in [0, 0.05) is 30.4 Å². The topological polar surface area (TPSA) is 84.7 Å². The molecule has 2 aromatic heterocycles. The number of hydrogen-bond donors (Lipinski definition) is 2. The molecule has 0 radical (unpaired) electrons. The van der Waals surface area contributed by atoms with E-state index in [1.54, 1.807) is 10.9 Å². The lowest BCUT2D eigenvalue weighted by Crippen LogP contribution is -2.28. The normalized spacial score (nSPS) is 11.9. The number of nitrogens with one attached hydrogen (secondary N) is 2. The zero-order valence-electron chi connectivity index (χ0n) is 21.5. The number of benzene rings is 3. The Labute approximate surface area is 216 Å². The van der Waals surface area contributed by atoms with Crippen LogP contribution in [0.4, 0.5) is 11.6 Å². The number of aromatic nitrogens is 4. The fraction of sp³-hybridized carbons (Fsp3) is 0.200. The molecule has 0 saturated heterocycles. The summed E-state index contributed by atoms with van der Waals surface area (Å²) in [5.41, 5.74) is 7.90. The first kappa shape index (κ1) is 24.2. The summed E-state index contributed by atoms with van der Waals surface area (Å²) < 4.78 is 1.73.